The molecule has 1 unspecified atom stereocenters. The summed E-state index contributed by atoms with van der Waals surface area (Å²) in [6, 6.07) is 0. The number of ether oxygens (including phenoxy) is 2. The molecule has 0 fully saturated rings. The molecule has 0 aromatic rings. The molecule has 4 nitrogen and oxygen atoms in total. The summed E-state index contributed by atoms with van der Waals surface area (Å²) in [6.45, 7) is 3.79. The topological polar surface area (TPSA) is 44.8 Å². The van der Waals surface area contributed by atoms with Crippen LogP contribution in [0.25, 0.3) is 0 Å². The van der Waals surface area contributed by atoms with Gasteiger partial charge in [-0.2, -0.15) is 0 Å². The van der Waals surface area contributed by atoms with Crippen LogP contribution >= 0.6 is 8.03 Å². The molecule has 0 saturated heterocycles. The Bertz CT molecular complexity index is 274. The van der Waals surface area contributed by atoms with Crippen molar-refractivity contribution in [2.24, 2.45) is 0 Å². The molecule has 0 heterocycles. The monoisotopic (exact) mass is 378 g/mol. The molecule has 152 valence electrons. The lowest BCUT2D eigenvalue weighted by atomic mass is 10.0. The number of rotatable bonds is 21. The van der Waals surface area contributed by atoms with Gasteiger partial charge in [-0.1, -0.05) is 90.4 Å². The fraction of sp³-hybridized carbons (Fsp3) is 1.00. The van der Waals surface area contributed by atoms with Gasteiger partial charge in [0.1, 0.15) is 6.79 Å². The molecule has 25 heavy (non-hydrogen) atoms. The van der Waals surface area contributed by atoms with Gasteiger partial charge in [0.05, 0.1) is 6.61 Å². The zero-order valence-corrected chi connectivity index (χ0v) is 17.9. The lowest BCUT2D eigenvalue weighted by Gasteiger charge is -2.06. The van der Waals surface area contributed by atoms with E-state index in [-0.39, 0.29) is 0 Å². The molecule has 0 spiro atoms. The van der Waals surface area contributed by atoms with Gasteiger partial charge in [0, 0.05) is 19.9 Å². The first-order valence-corrected chi connectivity index (χ1v) is 12.1. The summed E-state index contributed by atoms with van der Waals surface area (Å²) in [5.41, 5.74) is 0. The van der Waals surface area contributed by atoms with Crippen molar-refractivity contribution in [1.29, 1.82) is 0 Å². The van der Waals surface area contributed by atoms with Crippen molar-refractivity contribution in [2.45, 2.75) is 96.8 Å². The number of hydrogen-bond donors (Lipinski definition) is 0. The molecule has 0 aliphatic heterocycles. The van der Waals surface area contributed by atoms with Crippen molar-refractivity contribution in [3.05, 3.63) is 0 Å². The van der Waals surface area contributed by atoms with E-state index in [4.69, 9.17) is 14.0 Å². The minimum atomic E-state index is -1.88. The van der Waals surface area contributed by atoms with Crippen molar-refractivity contribution in [3.63, 3.8) is 0 Å². The van der Waals surface area contributed by atoms with Crippen LogP contribution in [0.3, 0.4) is 0 Å². The first-order valence-electron chi connectivity index (χ1n) is 10.5. The third kappa shape index (κ3) is 22.1. The van der Waals surface area contributed by atoms with Crippen LogP contribution in [0.4, 0.5) is 0 Å². The Labute approximate surface area is 157 Å². The van der Waals surface area contributed by atoms with E-state index in [1.165, 1.54) is 90.6 Å². The molecule has 0 aromatic heterocycles. The van der Waals surface area contributed by atoms with Crippen LogP contribution in [-0.2, 0) is 18.6 Å². The Morgan fingerprint density at radius 1 is 0.640 bits per heavy atom. The highest BCUT2D eigenvalue weighted by atomic mass is 31.1. The Morgan fingerprint density at radius 3 is 1.56 bits per heavy atom. The van der Waals surface area contributed by atoms with Crippen molar-refractivity contribution < 1.29 is 18.6 Å². The van der Waals surface area contributed by atoms with E-state index in [9.17, 15) is 4.57 Å². The summed E-state index contributed by atoms with van der Waals surface area (Å²) in [6.07, 6.45) is 19.7. The van der Waals surface area contributed by atoms with Gasteiger partial charge in [-0.15, -0.1) is 0 Å². The van der Waals surface area contributed by atoms with Crippen molar-refractivity contribution in [3.8, 4) is 0 Å². The standard InChI is InChI=1S/C20H43O4P/c1-3-4-5-6-7-8-9-10-11-12-13-14-15-16-17-23-20-24-18-19-25(21)22-2/h25H,3-20H2,1-2H3. The lowest BCUT2D eigenvalue weighted by molar-refractivity contribution is -0.0497. The Hall–Kier alpha value is 0.110. The van der Waals surface area contributed by atoms with Crippen molar-refractivity contribution in [2.75, 3.05) is 33.3 Å². The molecular weight excluding hydrogens is 335 g/mol. The van der Waals surface area contributed by atoms with E-state index < -0.39 is 8.03 Å². The third-order valence-electron chi connectivity index (χ3n) is 4.49. The summed E-state index contributed by atoms with van der Waals surface area (Å²) >= 11 is 0. The van der Waals surface area contributed by atoms with Gasteiger partial charge in [-0.25, -0.2) is 0 Å². The summed E-state index contributed by atoms with van der Waals surface area (Å²) in [5, 5.41) is 0. The third-order valence-corrected chi connectivity index (χ3v) is 5.55. The zero-order chi connectivity index (χ0) is 18.4. The van der Waals surface area contributed by atoms with E-state index in [1.807, 2.05) is 0 Å². The van der Waals surface area contributed by atoms with Gasteiger partial charge >= 0.3 is 0 Å². The molecule has 0 saturated carbocycles. The maximum Gasteiger partial charge on any atom is 0.193 e. The molecule has 0 bridgehead atoms. The Balaban J connectivity index is 2.99. The molecular formula is C20H43O4P. The highest BCUT2D eigenvalue weighted by Crippen LogP contribution is 2.18. The predicted octanol–water partition coefficient (Wildman–Crippen LogP) is 6.58. The van der Waals surface area contributed by atoms with E-state index in [0.717, 1.165) is 13.0 Å². The summed E-state index contributed by atoms with van der Waals surface area (Å²) in [5.74, 6) is 0. The number of unbranched alkanes of at least 4 members (excludes halogenated alkanes) is 13. The minimum absolute atomic E-state index is 0.303. The molecule has 0 aliphatic carbocycles. The Kier molecular flexibility index (Phi) is 22.2. The van der Waals surface area contributed by atoms with Gasteiger partial charge in [-0.3, -0.25) is 4.57 Å². The maximum absolute atomic E-state index is 11.0. The molecule has 0 N–H and O–H groups in total. The van der Waals surface area contributed by atoms with Gasteiger partial charge in [-0.05, 0) is 6.42 Å². The Morgan fingerprint density at radius 2 is 1.08 bits per heavy atom. The molecule has 0 amide bonds. The minimum Gasteiger partial charge on any atom is -0.355 e. The smallest absolute Gasteiger partial charge is 0.193 e. The first kappa shape index (κ1) is 25.1. The number of hydrogen-bond acceptors (Lipinski definition) is 4. The quantitative estimate of drug-likeness (QED) is 0.129. The molecule has 5 heteroatoms. The molecule has 0 radical (unpaired) electrons. The highest BCUT2D eigenvalue weighted by Gasteiger charge is 1.97. The first-order chi connectivity index (χ1) is 12.3. The van der Waals surface area contributed by atoms with Crippen LogP contribution in [-0.4, -0.2) is 33.3 Å². The molecule has 0 aliphatic rings. The summed E-state index contributed by atoms with van der Waals surface area (Å²) < 4.78 is 26.4. The fourth-order valence-corrected chi connectivity index (χ4v) is 3.35. The second-order valence-electron chi connectivity index (χ2n) is 6.86. The van der Waals surface area contributed by atoms with Crippen LogP contribution in [0.1, 0.15) is 96.8 Å². The van der Waals surface area contributed by atoms with E-state index in [2.05, 4.69) is 6.92 Å². The SMILES string of the molecule is CCCCCCCCCCCCCCCCOCOCC[PH](=O)OC. The highest BCUT2D eigenvalue weighted by molar-refractivity contribution is 7.39. The average Bonchev–Trinajstić information content (AvgIpc) is 2.63. The maximum atomic E-state index is 11.0. The molecule has 0 rings (SSSR count). The van der Waals surface area contributed by atoms with Crippen molar-refractivity contribution in [1.82, 2.24) is 0 Å². The second kappa shape index (κ2) is 22.2. The summed E-state index contributed by atoms with van der Waals surface area (Å²) in [4.78, 5) is 0. The van der Waals surface area contributed by atoms with Crippen LogP contribution < -0.4 is 0 Å². The largest absolute Gasteiger partial charge is 0.355 e. The van der Waals surface area contributed by atoms with E-state index in [0.29, 0.717) is 19.6 Å². The molecule has 0 aromatic carbocycles. The van der Waals surface area contributed by atoms with Gasteiger partial charge in [0.2, 0.25) is 0 Å². The second-order valence-corrected chi connectivity index (χ2v) is 8.51. The predicted molar refractivity (Wildman–Crippen MR) is 108 cm³/mol. The fourth-order valence-electron chi connectivity index (χ4n) is 2.83. The van der Waals surface area contributed by atoms with Crippen LogP contribution in [0.5, 0.6) is 0 Å². The van der Waals surface area contributed by atoms with E-state index in [1.54, 1.807) is 0 Å². The van der Waals surface area contributed by atoms with Gasteiger partial charge in [0.15, 0.2) is 8.03 Å². The summed E-state index contributed by atoms with van der Waals surface area (Å²) in [7, 11) is -0.416. The van der Waals surface area contributed by atoms with Gasteiger partial charge in [0.25, 0.3) is 0 Å². The van der Waals surface area contributed by atoms with E-state index >= 15 is 0 Å². The average molecular weight is 379 g/mol. The zero-order valence-electron chi connectivity index (χ0n) is 16.9. The van der Waals surface area contributed by atoms with Gasteiger partial charge < -0.3 is 14.0 Å². The van der Waals surface area contributed by atoms with Crippen LogP contribution in [0.15, 0.2) is 0 Å². The van der Waals surface area contributed by atoms with Crippen LogP contribution in [0.2, 0.25) is 0 Å². The normalized spacial score (nSPS) is 12.6. The van der Waals surface area contributed by atoms with Crippen LogP contribution in [0, 0.1) is 0 Å². The van der Waals surface area contributed by atoms with Crippen molar-refractivity contribution >= 4 is 8.03 Å². The molecule has 1 atom stereocenters. The lowest BCUT2D eigenvalue weighted by Crippen LogP contribution is -2.04.